The van der Waals surface area contributed by atoms with Crippen LogP contribution in [0, 0.1) is 0 Å². The lowest BCUT2D eigenvalue weighted by molar-refractivity contribution is -0.138. The highest BCUT2D eigenvalue weighted by molar-refractivity contribution is 6.02. The average molecular weight is 620 g/mol. The molecule has 0 bridgehead atoms. The molecule has 0 aromatic heterocycles. The van der Waals surface area contributed by atoms with Crippen LogP contribution in [-0.2, 0) is 52.3 Å². The van der Waals surface area contributed by atoms with Crippen LogP contribution in [0.4, 0.5) is 0 Å². The van der Waals surface area contributed by atoms with E-state index in [-0.39, 0.29) is 43.4 Å². The van der Waals surface area contributed by atoms with Crippen LogP contribution in [0.2, 0.25) is 0 Å². The molecular formula is C31H57NO11. The van der Waals surface area contributed by atoms with Crippen molar-refractivity contribution in [2.24, 2.45) is 0 Å². The van der Waals surface area contributed by atoms with Gasteiger partial charge in [-0.25, -0.2) is 0 Å². The molecule has 1 aliphatic rings. The van der Waals surface area contributed by atoms with Crippen molar-refractivity contribution in [3.05, 3.63) is 0 Å². The molecule has 252 valence electrons. The van der Waals surface area contributed by atoms with Crippen molar-refractivity contribution in [3.63, 3.8) is 0 Å². The maximum atomic E-state index is 12.0. The van der Waals surface area contributed by atoms with Crippen LogP contribution in [0.5, 0.6) is 0 Å². The molecule has 12 nitrogen and oxygen atoms in total. The average Bonchev–Trinajstić information content (AvgIpc) is 3.33. The second kappa shape index (κ2) is 30.5. The van der Waals surface area contributed by atoms with Gasteiger partial charge in [-0.05, 0) is 12.8 Å². The number of Topliss-reactive ketones (excluding diaryl/α,β-unsaturated/α-hetero) is 1. The number of unbranched alkanes of at least 4 members (excludes halogenated alkanes) is 6. The molecule has 0 saturated carbocycles. The molecule has 0 spiro atoms. The van der Waals surface area contributed by atoms with E-state index in [0.29, 0.717) is 98.9 Å². The minimum absolute atomic E-state index is 0.138. The largest absolute Gasteiger partial charge is 0.382 e. The monoisotopic (exact) mass is 619 g/mol. The molecule has 0 aromatic rings. The van der Waals surface area contributed by atoms with Gasteiger partial charge >= 0.3 is 0 Å². The summed E-state index contributed by atoms with van der Waals surface area (Å²) in [5.74, 6) is -0.159. The van der Waals surface area contributed by atoms with Gasteiger partial charge in [0, 0.05) is 45.9 Å². The molecule has 0 radical (unpaired) electrons. The fourth-order valence-electron chi connectivity index (χ4n) is 4.21. The molecular weight excluding hydrogens is 562 g/mol. The maximum Gasteiger partial charge on any atom is 0.229 e. The van der Waals surface area contributed by atoms with E-state index < -0.39 is 0 Å². The third kappa shape index (κ3) is 25.5. The lowest BCUT2D eigenvalue weighted by Crippen LogP contribution is -2.31. The predicted octanol–water partition coefficient (Wildman–Crippen LogP) is 2.98. The molecule has 0 aliphatic carbocycles. The standard InChI is InChI=1S/C31H57NO11/c1-36-15-16-38-19-20-40-23-24-42-27-28-43-26-25-41-22-21-39-18-17-37-14-8-6-4-2-3-5-7-9-29(33)12-13-32-30(34)10-11-31(32)35/h2-28H2,1H3. The Labute approximate surface area is 258 Å². The minimum atomic E-state index is -0.148. The molecule has 0 atom stereocenters. The van der Waals surface area contributed by atoms with Crippen LogP contribution in [0.15, 0.2) is 0 Å². The fraction of sp³-hybridized carbons (Fsp3) is 0.903. The van der Waals surface area contributed by atoms with Crippen LogP contribution in [0.3, 0.4) is 0 Å². The maximum absolute atomic E-state index is 12.0. The third-order valence-electron chi connectivity index (χ3n) is 6.68. The number of imide groups is 1. The molecule has 2 amide bonds. The van der Waals surface area contributed by atoms with Crippen LogP contribution < -0.4 is 0 Å². The van der Waals surface area contributed by atoms with Gasteiger partial charge in [-0.1, -0.05) is 32.1 Å². The van der Waals surface area contributed by atoms with Crippen molar-refractivity contribution >= 4 is 17.6 Å². The predicted molar refractivity (Wildman–Crippen MR) is 160 cm³/mol. The van der Waals surface area contributed by atoms with Crippen LogP contribution in [-0.4, -0.2) is 135 Å². The Morgan fingerprint density at radius 2 is 0.837 bits per heavy atom. The van der Waals surface area contributed by atoms with E-state index in [2.05, 4.69) is 0 Å². The lowest BCUT2D eigenvalue weighted by Gasteiger charge is -2.12. The molecule has 0 N–H and O–H groups in total. The minimum Gasteiger partial charge on any atom is -0.382 e. The summed E-state index contributed by atoms with van der Waals surface area (Å²) in [5.41, 5.74) is 0. The number of ether oxygens (including phenoxy) is 8. The van der Waals surface area contributed by atoms with E-state index in [1.165, 1.54) is 11.3 Å². The SMILES string of the molecule is COCCOCCOCCOCCOCCOCCOCCOCCCCCCCCCC(=O)CCN1C(=O)CCC1=O. The second-order valence-electron chi connectivity index (χ2n) is 10.2. The summed E-state index contributed by atoms with van der Waals surface area (Å²) < 4.78 is 43.1. The number of methoxy groups -OCH3 is 1. The van der Waals surface area contributed by atoms with Crippen LogP contribution >= 0.6 is 0 Å². The van der Waals surface area contributed by atoms with Crippen LogP contribution in [0.1, 0.15) is 70.6 Å². The lowest BCUT2D eigenvalue weighted by atomic mass is 10.1. The molecule has 0 aromatic carbocycles. The van der Waals surface area contributed by atoms with Gasteiger partial charge in [-0.15, -0.1) is 0 Å². The number of carbonyl (C=O) groups is 3. The highest BCUT2D eigenvalue weighted by Gasteiger charge is 2.28. The smallest absolute Gasteiger partial charge is 0.229 e. The van der Waals surface area contributed by atoms with Gasteiger partial charge in [0.15, 0.2) is 0 Å². The zero-order valence-corrected chi connectivity index (χ0v) is 26.5. The number of hydrogen-bond donors (Lipinski definition) is 0. The van der Waals surface area contributed by atoms with Gasteiger partial charge in [-0.2, -0.15) is 0 Å². The number of carbonyl (C=O) groups excluding carboxylic acids is 3. The Morgan fingerprint density at radius 1 is 0.488 bits per heavy atom. The van der Waals surface area contributed by atoms with Gasteiger partial charge in [0.2, 0.25) is 11.8 Å². The first-order valence-electron chi connectivity index (χ1n) is 16.0. The Bertz CT molecular complexity index is 664. The summed E-state index contributed by atoms with van der Waals surface area (Å²) in [5, 5.41) is 0. The van der Waals surface area contributed by atoms with E-state index in [1.807, 2.05) is 0 Å². The molecule has 1 rings (SSSR count). The van der Waals surface area contributed by atoms with Gasteiger partial charge < -0.3 is 37.9 Å². The second-order valence-corrected chi connectivity index (χ2v) is 10.2. The summed E-state index contributed by atoms with van der Waals surface area (Å²) in [6, 6.07) is 0. The number of rotatable bonds is 34. The number of amides is 2. The first-order valence-corrected chi connectivity index (χ1v) is 16.0. The molecule has 43 heavy (non-hydrogen) atoms. The van der Waals surface area contributed by atoms with Crippen LogP contribution in [0.25, 0.3) is 0 Å². The number of likely N-dealkylation sites (tertiary alicyclic amines) is 1. The summed E-state index contributed by atoms with van der Waals surface area (Å²) >= 11 is 0. The van der Waals surface area contributed by atoms with E-state index in [4.69, 9.17) is 37.9 Å². The van der Waals surface area contributed by atoms with Gasteiger partial charge in [0.1, 0.15) is 5.78 Å². The Morgan fingerprint density at radius 3 is 1.26 bits per heavy atom. The summed E-state index contributed by atoms with van der Waals surface area (Å²) in [4.78, 5) is 36.3. The highest BCUT2D eigenvalue weighted by Crippen LogP contribution is 2.13. The highest BCUT2D eigenvalue weighted by atomic mass is 16.6. The third-order valence-corrected chi connectivity index (χ3v) is 6.68. The van der Waals surface area contributed by atoms with Crippen molar-refractivity contribution in [1.82, 2.24) is 4.90 Å². The fourth-order valence-corrected chi connectivity index (χ4v) is 4.21. The molecule has 0 unspecified atom stereocenters. The van der Waals surface area contributed by atoms with Gasteiger partial charge in [0.05, 0.1) is 92.5 Å². The Balaban J connectivity index is 1.66. The van der Waals surface area contributed by atoms with Crippen molar-refractivity contribution in [2.45, 2.75) is 70.6 Å². The van der Waals surface area contributed by atoms with E-state index in [9.17, 15) is 14.4 Å². The molecule has 1 aliphatic heterocycles. The molecule has 12 heteroatoms. The number of nitrogens with zero attached hydrogens (tertiary/aromatic N) is 1. The summed E-state index contributed by atoms with van der Waals surface area (Å²) in [6.07, 6.45) is 8.94. The molecule has 1 heterocycles. The molecule has 1 fully saturated rings. The topological polar surface area (TPSA) is 128 Å². The van der Waals surface area contributed by atoms with Crippen molar-refractivity contribution in [3.8, 4) is 0 Å². The quantitative estimate of drug-likeness (QED) is 0.0779. The van der Waals surface area contributed by atoms with E-state index in [0.717, 1.165) is 45.1 Å². The van der Waals surface area contributed by atoms with Crippen molar-refractivity contribution in [2.75, 3.05) is 113 Å². The first-order chi connectivity index (χ1) is 21.1. The summed E-state index contributed by atoms with van der Waals surface area (Å²) in [7, 11) is 1.64. The number of hydrogen-bond acceptors (Lipinski definition) is 11. The van der Waals surface area contributed by atoms with Crippen molar-refractivity contribution < 1.29 is 52.3 Å². The molecule has 1 saturated heterocycles. The summed E-state index contributed by atoms with van der Waals surface area (Å²) in [6.45, 7) is 8.65. The zero-order chi connectivity index (χ0) is 31.1. The first kappa shape index (κ1) is 39.5. The number of ketones is 1. The Hall–Kier alpha value is -1.51. The zero-order valence-electron chi connectivity index (χ0n) is 26.5. The van der Waals surface area contributed by atoms with Gasteiger partial charge in [0.25, 0.3) is 0 Å². The van der Waals surface area contributed by atoms with Gasteiger partial charge in [-0.3, -0.25) is 19.3 Å². The van der Waals surface area contributed by atoms with E-state index in [1.54, 1.807) is 7.11 Å². The van der Waals surface area contributed by atoms with Crippen molar-refractivity contribution in [1.29, 1.82) is 0 Å². The van der Waals surface area contributed by atoms with E-state index >= 15 is 0 Å². The Kier molecular flexibility index (Phi) is 28.0. The normalized spacial score (nSPS) is 13.5.